The highest BCUT2D eigenvalue weighted by Crippen LogP contribution is 2.10. The number of ether oxygens (including phenoxy) is 2. The number of pyridine rings is 1. The first kappa shape index (κ1) is 27.1. The van der Waals surface area contributed by atoms with Crippen molar-refractivity contribution in [3.63, 3.8) is 0 Å². The molecule has 176 valence electrons. The fraction of sp³-hybridized carbons (Fsp3) is 0.731. The topological polar surface area (TPSA) is 65.5 Å². The summed E-state index contributed by atoms with van der Waals surface area (Å²) in [7, 11) is 0. The standard InChI is InChI=1S/C26H43NO4/c1-3-5-7-9-11-13-15-17-22-31-26(29)24-20-18-19-23(27-24)25(28)30-21-16-14-12-10-8-6-4-2/h18-20H,3-17,21-22H2,1-2H3. The van der Waals surface area contributed by atoms with Gasteiger partial charge in [-0.2, -0.15) is 0 Å². The van der Waals surface area contributed by atoms with Crippen LogP contribution >= 0.6 is 0 Å². The minimum Gasteiger partial charge on any atom is -0.461 e. The molecule has 0 radical (unpaired) electrons. The number of hydrogen-bond acceptors (Lipinski definition) is 5. The van der Waals surface area contributed by atoms with E-state index >= 15 is 0 Å². The van der Waals surface area contributed by atoms with Gasteiger partial charge in [0, 0.05) is 0 Å². The fourth-order valence-electron chi connectivity index (χ4n) is 3.43. The Morgan fingerprint density at radius 3 is 1.35 bits per heavy atom. The number of carbonyl (C=O) groups is 2. The summed E-state index contributed by atoms with van der Waals surface area (Å²) in [6, 6.07) is 4.79. The van der Waals surface area contributed by atoms with Crippen molar-refractivity contribution in [3.05, 3.63) is 29.6 Å². The highest BCUT2D eigenvalue weighted by Gasteiger charge is 2.14. The minimum absolute atomic E-state index is 0.157. The molecule has 1 rings (SSSR count). The van der Waals surface area contributed by atoms with Gasteiger partial charge in [-0.15, -0.1) is 0 Å². The van der Waals surface area contributed by atoms with Crippen LogP contribution in [0.1, 0.15) is 131 Å². The predicted molar refractivity (Wildman–Crippen MR) is 125 cm³/mol. The Kier molecular flexibility index (Phi) is 16.5. The summed E-state index contributed by atoms with van der Waals surface area (Å²) >= 11 is 0. The summed E-state index contributed by atoms with van der Waals surface area (Å²) in [6.45, 7) is 5.21. The van der Waals surface area contributed by atoms with Crippen LogP contribution in [0.25, 0.3) is 0 Å². The molecule has 0 bridgehead atoms. The average molecular weight is 434 g/mol. The van der Waals surface area contributed by atoms with Crippen molar-refractivity contribution in [1.29, 1.82) is 0 Å². The van der Waals surface area contributed by atoms with E-state index in [9.17, 15) is 9.59 Å². The smallest absolute Gasteiger partial charge is 0.356 e. The molecule has 0 aliphatic heterocycles. The summed E-state index contributed by atoms with van der Waals surface area (Å²) in [5, 5.41) is 0. The monoisotopic (exact) mass is 433 g/mol. The van der Waals surface area contributed by atoms with Crippen molar-refractivity contribution in [1.82, 2.24) is 4.98 Å². The molecule has 0 fully saturated rings. The molecule has 31 heavy (non-hydrogen) atoms. The molecule has 0 aromatic carbocycles. The third-order valence-corrected chi connectivity index (χ3v) is 5.38. The highest BCUT2D eigenvalue weighted by atomic mass is 16.5. The van der Waals surface area contributed by atoms with Crippen molar-refractivity contribution >= 4 is 11.9 Å². The second kappa shape index (κ2) is 18.8. The van der Waals surface area contributed by atoms with E-state index in [0.717, 1.165) is 25.7 Å². The first-order valence-corrected chi connectivity index (χ1v) is 12.5. The van der Waals surface area contributed by atoms with Crippen LogP contribution in [0.5, 0.6) is 0 Å². The summed E-state index contributed by atoms with van der Waals surface area (Å²) < 4.78 is 10.6. The van der Waals surface area contributed by atoms with Crippen molar-refractivity contribution in [2.24, 2.45) is 0 Å². The number of esters is 2. The fourth-order valence-corrected chi connectivity index (χ4v) is 3.43. The first-order chi connectivity index (χ1) is 15.2. The maximum Gasteiger partial charge on any atom is 0.356 e. The van der Waals surface area contributed by atoms with E-state index in [1.807, 2.05) is 0 Å². The van der Waals surface area contributed by atoms with E-state index in [1.165, 1.54) is 70.6 Å². The van der Waals surface area contributed by atoms with Gasteiger partial charge in [0.2, 0.25) is 0 Å². The lowest BCUT2D eigenvalue weighted by Gasteiger charge is -2.07. The number of rotatable bonds is 19. The molecule has 0 atom stereocenters. The number of carbonyl (C=O) groups excluding carboxylic acids is 2. The van der Waals surface area contributed by atoms with Gasteiger partial charge in [0.1, 0.15) is 11.4 Å². The zero-order valence-electron chi connectivity index (χ0n) is 19.8. The molecule has 0 saturated carbocycles. The molecule has 1 heterocycles. The van der Waals surface area contributed by atoms with Crippen LogP contribution in [0, 0.1) is 0 Å². The SMILES string of the molecule is CCCCCCCCCCOC(=O)c1cccc(C(=O)OCCCCCCCCC)n1. The Morgan fingerprint density at radius 1 is 0.613 bits per heavy atom. The Labute approximate surface area is 189 Å². The summed E-state index contributed by atoms with van der Waals surface area (Å²) in [4.78, 5) is 28.5. The van der Waals surface area contributed by atoms with Crippen LogP contribution in [0.3, 0.4) is 0 Å². The number of unbranched alkanes of at least 4 members (excludes halogenated alkanes) is 13. The van der Waals surface area contributed by atoms with E-state index in [0.29, 0.717) is 13.2 Å². The van der Waals surface area contributed by atoms with Crippen molar-refractivity contribution in [2.45, 2.75) is 110 Å². The van der Waals surface area contributed by atoms with Crippen LogP contribution in [0.15, 0.2) is 18.2 Å². The first-order valence-electron chi connectivity index (χ1n) is 12.5. The maximum atomic E-state index is 12.2. The van der Waals surface area contributed by atoms with E-state index < -0.39 is 11.9 Å². The number of nitrogens with zero attached hydrogens (tertiary/aromatic N) is 1. The van der Waals surface area contributed by atoms with Crippen LogP contribution in [-0.2, 0) is 9.47 Å². The average Bonchev–Trinajstić information content (AvgIpc) is 2.79. The molecule has 0 N–H and O–H groups in total. The third kappa shape index (κ3) is 13.9. The molecule has 1 aromatic rings. The van der Waals surface area contributed by atoms with Crippen LogP contribution < -0.4 is 0 Å². The van der Waals surface area contributed by atoms with Gasteiger partial charge in [-0.1, -0.05) is 103 Å². The summed E-state index contributed by atoms with van der Waals surface area (Å²) in [6.07, 6.45) is 17.7. The second-order valence-corrected chi connectivity index (χ2v) is 8.28. The van der Waals surface area contributed by atoms with Crippen molar-refractivity contribution in [2.75, 3.05) is 13.2 Å². The lowest BCUT2D eigenvalue weighted by molar-refractivity contribution is 0.0482. The normalized spacial score (nSPS) is 10.8. The maximum absolute atomic E-state index is 12.2. The highest BCUT2D eigenvalue weighted by molar-refractivity contribution is 5.91. The molecule has 0 aliphatic rings. The molecular weight excluding hydrogens is 390 g/mol. The summed E-state index contributed by atoms with van der Waals surface area (Å²) in [5.41, 5.74) is 0.314. The van der Waals surface area contributed by atoms with Gasteiger partial charge in [0.25, 0.3) is 0 Å². The lowest BCUT2D eigenvalue weighted by Crippen LogP contribution is -2.13. The van der Waals surface area contributed by atoms with E-state index in [-0.39, 0.29) is 11.4 Å². The van der Waals surface area contributed by atoms with Crippen molar-refractivity contribution in [3.8, 4) is 0 Å². The molecular formula is C26H43NO4. The van der Waals surface area contributed by atoms with Gasteiger partial charge < -0.3 is 9.47 Å². The molecule has 0 saturated heterocycles. The second-order valence-electron chi connectivity index (χ2n) is 8.28. The Balaban J connectivity index is 2.19. The van der Waals surface area contributed by atoms with Crippen LogP contribution in [0.2, 0.25) is 0 Å². The molecule has 0 spiro atoms. The van der Waals surface area contributed by atoms with Crippen molar-refractivity contribution < 1.29 is 19.1 Å². The zero-order valence-corrected chi connectivity index (χ0v) is 19.8. The molecule has 0 unspecified atom stereocenters. The van der Waals surface area contributed by atoms with E-state index in [2.05, 4.69) is 18.8 Å². The minimum atomic E-state index is -0.483. The molecule has 5 nitrogen and oxygen atoms in total. The Hall–Kier alpha value is -1.91. The zero-order chi connectivity index (χ0) is 22.6. The van der Waals surface area contributed by atoms with Gasteiger partial charge in [-0.25, -0.2) is 14.6 Å². The number of hydrogen-bond donors (Lipinski definition) is 0. The van der Waals surface area contributed by atoms with Gasteiger partial charge in [0.15, 0.2) is 0 Å². The predicted octanol–water partition coefficient (Wildman–Crippen LogP) is 7.29. The Morgan fingerprint density at radius 2 is 0.968 bits per heavy atom. The third-order valence-electron chi connectivity index (χ3n) is 5.38. The Bertz CT molecular complexity index is 603. The van der Waals surface area contributed by atoms with Gasteiger partial charge in [0.05, 0.1) is 13.2 Å². The van der Waals surface area contributed by atoms with Gasteiger partial charge in [-0.3, -0.25) is 0 Å². The summed E-state index contributed by atoms with van der Waals surface area (Å²) in [5.74, 6) is -0.964. The lowest BCUT2D eigenvalue weighted by atomic mass is 10.1. The largest absolute Gasteiger partial charge is 0.461 e. The quantitative estimate of drug-likeness (QED) is 0.169. The van der Waals surface area contributed by atoms with Gasteiger partial charge in [-0.05, 0) is 25.0 Å². The molecule has 0 amide bonds. The molecule has 1 aromatic heterocycles. The van der Waals surface area contributed by atoms with E-state index in [4.69, 9.17) is 9.47 Å². The number of aromatic nitrogens is 1. The van der Waals surface area contributed by atoms with Gasteiger partial charge >= 0.3 is 11.9 Å². The molecule has 0 aliphatic carbocycles. The van der Waals surface area contributed by atoms with Crippen LogP contribution in [-0.4, -0.2) is 30.1 Å². The van der Waals surface area contributed by atoms with Crippen LogP contribution in [0.4, 0.5) is 0 Å². The van der Waals surface area contributed by atoms with E-state index in [1.54, 1.807) is 18.2 Å². The molecule has 5 heteroatoms.